The van der Waals surface area contributed by atoms with Crippen LogP contribution in [0.25, 0.3) is 6.08 Å². The van der Waals surface area contributed by atoms with E-state index in [4.69, 9.17) is 4.74 Å². The predicted molar refractivity (Wildman–Crippen MR) is 106 cm³/mol. The van der Waals surface area contributed by atoms with E-state index < -0.39 is 0 Å². The van der Waals surface area contributed by atoms with Crippen LogP contribution in [-0.4, -0.2) is 54.4 Å². The Morgan fingerprint density at radius 2 is 1.63 bits per heavy atom. The minimum absolute atomic E-state index is 0.0175. The van der Waals surface area contributed by atoms with Crippen molar-refractivity contribution in [1.82, 2.24) is 9.80 Å². The molecule has 27 heavy (non-hydrogen) atoms. The lowest BCUT2D eigenvalue weighted by atomic mass is 10.1. The topological polar surface area (TPSA) is 49.9 Å². The molecule has 0 aliphatic carbocycles. The molecule has 1 fully saturated rings. The molecule has 0 radical (unpaired) electrons. The summed E-state index contributed by atoms with van der Waals surface area (Å²) in [6.45, 7) is 5.38. The third kappa shape index (κ3) is 5.53. The molecule has 0 unspecified atom stereocenters. The van der Waals surface area contributed by atoms with E-state index in [1.807, 2.05) is 23.1 Å². The molecule has 0 atom stereocenters. The number of esters is 1. The van der Waals surface area contributed by atoms with E-state index in [2.05, 4.69) is 29.2 Å². The lowest BCUT2D eigenvalue weighted by Crippen LogP contribution is -2.48. The number of hydrogen-bond acceptors (Lipinski definition) is 4. The average molecular weight is 364 g/mol. The zero-order valence-electron chi connectivity index (χ0n) is 15.5. The van der Waals surface area contributed by atoms with Gasteiger partial charge in [-0.15, -0.1) is 0 Å². The van der Waals surface area contributed by atoms with Crippen molar-refractivity contribution in [2.24, 2.45) is 0 Å². The second kappa shape index (κ2) is 9.14. The van der Waals surface area contributed by atoms with Crippen LogP contribution in [0.15, 0.2) is 60.7 Å². The average Bonchev–Trinajstić information content (AvgIpc) is 2.69. The first-order valence-electron chi connectivity index (χ1n) is 9.13. The minimum atomic E-state index is -0.369. The van der Waals surface area contributed by atoms with Gasteiger partial charge >= 0.3 is 5.97 Å². The van der Waals surface area contributed by atoms with Crippen LogP contribution in [0.4, 0.5) is 0 Å². The highest BCUT2D eigenvalue weighted by molar-refractivity contribution is 5.94. The zero-order valence-corrected chi connectivity index (χ0v) is 15.5. The summed E-state index contributed by atoms with van der Waals surface area (Å²) in [5.41, 5.74) is 1.81. The van der Waals surface area contributed by atoms with Gasteiger partial charge in [0.1, 0.15) is 5.75 Å². The van der Waals surface area contributed by atoms with Gasteiger partial charge in [-0.25, -0.2) is 0 Å². The number of carbonyl (C=O) groups is 2. The van der Waals surface area contributed by atoms with Crippen molar-refractivity contribution in [3.05, 3.63) is 71.8 Å². The highest BCUT2D eigenvalue weighted by atomic mass is 16.5. The number of hydrogen-bond donors (Lipinski definition) is 0. The van der Waals surface area contributed by atoms with Crippen LogP contribution in [0.3, 0.4) is 0 Å². The van der Waals surface area contributed by atoms with E-state index in [9.17, 15) is 9.59 Å². The summed E-state index contributed by atoms with van der Waals surface area (Å²) in [6, 6.07) is 17.0. The molecule has 1 heterocycles. The standard InChI is InChI=1S/C22H24N2O3/c1-18(25)27-21-11-9-20(10-12-21)22(26)24-16-14-23(15-17-24)13-5-8-19-6-3-2-4-7-19/h2-12H,13-17H2,1H3. The largest absolute Gasteiger partial charge is 0.427 e. The van der Waals surface area contributed by atoms with Gasteiger partial charge in [0.05, 0.1) is 0 Å². The van der Waals surface area contributed by atoms with Crippen molar-refractivity contribution >= 4 is 18.0 Å². The number of benzene rings is 2. The molecule has 2 aromatic rings. The number of carbonyl (C=O) groups excluding carboxylic acids is 2. The van der Waals surface area contributed by atoms with Crippen LogP contribution in [0.2, 0.25) is 0 Å². The van der Waals surface area contributed by atoms with E-state index in [0.717, 1.165) is 19.6 Å². The van der Waals surface area contributed by atoms with Crippen molar-refractivity contribution in [3.8, 4) is 5.75 Å². The molecule has 2 aromatic carbocycles. The van der Waals surface area contributed by atoms with Gasteiger partial charge in [-0.3, -0.25) is 14.5 Å². The normalized spacial score (nSPS) is 15.1. The van der Waals surface area contributed by atoms with Crippen LogP contribution < -0.4 is 4.74 Å². The maximum atomic E-state index is 12.6. The Morgan fingerprint density at radius 3 is 2.26 bits per heavy atom. The highest BCUT2D eigenvalue weighted by Gasteiger charge is 2.21. The lowest BCUT2D eigenvalue weighted by molar-refractivity contribution is -0.131. The van der Waals surface area contributed by atoms with E-state index in [1.54, 1.807) is 24.3 Å². The van der Waals surface area contributed by atoms with E-state index in [-0.39, 0.29) is 11.9 Å². The Morgan fingerprint density at radius 1 is 0.963 bits per heavy atom. The Bertz CT molecular complexity index is 792. The fourth-order valence-electron chi connectivity index (χ4n) is 3.05. The highest BCUT2D eigenvalue weighted by Crippen LogP contribution is 2.15. The van der Waals surface area contributed by atoms with Gasteiger partial charge in [0.15, 0.2) is 0 Å². The van der Waals surface area contributed by atoms with Crippen molar-refractivity contribution in [3.63, 3.8) is 0 Å². The van der Waals surface area contributed by atoms with Crippen LogP contribution in [-0.2, 0) is 4.79 Å². The van der Waals surface area contributed by atoms with Gasteiger partial charge in [-0.2, -0.15) is 0 Å². The molecule has 1 aliphatic rings. The van der Waals surface area contributed by atoms with Gasteiger partial charge in [0.25, 0.3) is 5.91 Å². The minimum Gasteiger partial charge on any atom is -0.427 e. The summed E-state index contributed by atoms with van der Waals surface area (Å²) in [4.78, 5) is 27.8. The van der Waals surface area contributed by atoms with Crippen LogP contribution in [0.1, 0.15) is 22.8 Å². The predicted octanol–water partition coefficient (Wildman–Crippen LogP) is 3.08. The number of amides is 1. The Kier molecular flexibility index (Phi) is 6.39. The molecular formula is C22H24N2O3. The Labute approximate surface area is 159 Å². The van der Waals surface area contributed by atoms with Crippen molar-refractivity contribution < 1.29 is 14.3 Å². The second-order valence-electron chi connectivity index (χ2n) is 6.52. The van der Waals surface area contributed by atoms with Gasteiger partial charge in [-0.1, -0.05) is 42.5 Å². The third-order valence-electron chi connectivity index (χ3n) is 4.50. The van der Waals surface area contributed by atoms with Gasteiger partial charge in [0.2, 0.25) is 0 Å². The number of ether oxygens (including phenoxy) is 1. The maximum Gasteiger partial charge on any atom is 0.308 e. The molecule has 1 aliphatic heterocycles. The zero-order chi connectivity index (χ0) is 19.1. The first-order chi connectivity index (χ1) is 13.1. The first-order valence-corrected chi connectivity index (χ1v) is 9.13. The van der Waals surface area contributed by atoms with Crippen LogP contribution in [0, 0.1) is 0 Å². The SMILES string of the molecule is CC(=O)Oc1ccc(C(=O)N2CCN(CC=Cc3ccccc3)CC2)cc1. The summed E-state index contributed by atoms with van der Waals surface area (Å²) >= 11 is 0. The molecule has 1 amide bonds. The lowest BCUT2D eigenvalue weighted by Gasteiger charge is -2.34. The number of nitrogens with zero attached hydrogens (tertiary/aromatic N) is 2. The molecule has 0 N–H and O–H groups in total. The van der Waals surface area contributed by atoms with Crippen molar-refractivity contribution in [2.75, 3.05) is 32.7 Å². The fraction of sp³-hybridized carbons (Fsp3) is 0.273. The quantitative estimate of drug-likeness (QED) is 0.604. The van der Waals surface area contributed by atoms with Crippen LogP contribution >= 0.6 is 0 Å². The van der Waals surface area contributed by atoms with Crippen LogP contribution in [0.5, 0.6) is 5.75 Å². The molecule has 0 aromatic heterocycles. The van der Waals surface area contributed by atoms with E-state index in [1.165, 1.54) is 12.5 Å². The third-order valence-corrected chi connectivity index (χ3v) is 4.50. The molecule has 140 valence electrons. The smallest absolute Gasteiger partial charge is 0.308 e. The van der Waals surface area contributed by atoms with E-state index in [0.29, 0.717) is 24.4 Å². The number of rotatable bonds is 5. The molecular weight excluding hydrogens is 340 g/mol. The molecule has 1 saturated heterocycles. The molecule has 0 spiro atoms. The Balaban J connectivity index is 1.47. The summed E-state index contributed by atoms with van der Waals surface area (Å²) in [5, 5.41) is 0. The molecule has 0 saturated carbocycles. The molecule has 5 heteroatoms. The summed E-state index contributed by atoms with van der Waals surface area (Å²) in [5.74, 6) is 0.101. The van der Waals surface area contributed by atoms with Gasteiger partial charge < -0.3 is 9.64 Å². The summed E-state index contributed by atoms with van der Waals surface area (Å²) in [6.07, 6.45) is 4.29. The summed E-state index contributed by atoms with van der Waals surface area (Å²) in [7, 11) is 0. The number of piperazine rings is 1. The Hall–Kier alpha value is -2.92. The molecule has 3 rings (SSSR count). The molecule has 0 bridgehead atoms. The van der Waals surface area contributed by atoms with Crippen molar-refractivity contribution in [1.29, 1.82) is 0 Å². The first kappa shape index (κ1) is 18.9. The van der Waals surface area contributed by atoms with Crippen molar-refractivity contribution in [2.45, 2.75) is 6.92 Å². The van der Waals surface area contributed by atoms with Gasteiger partial charge in [0, 0.05) is 45.2 Å². The van der Waals surface area contributed by atoms with E-state index >= 15 is 0 Å². The maximum absolute atomic E-state index is 12.6. The summed E-state index contributed by atoms with van der Waals surface area (Å²) < 4.78 is 5.00. The fourth-order valence-corrected chi connectivity index (χ4v) is 3.05. The molecule has 5 nitrogen and oxygen atoms in total. The van der Waals surface area contributed by atoms with Gasteiger partial charge in [-0.05, 0) is 29.8 Å². The monoisotopic (exact) mass is 364 g/mol. The second-order valence-corrected chi connectivity index (χ2v) is 6.52.